The molecule has 1 amide bonds. The van der Waals surface area contributed by atoms with Gasteiger partial charge >= 0.3 is 0 Å². The Morgan fingerprint density at radius 3 is 2.60 bits per heavy atom. The molecular weight excluding hydrogens is 208 g/mol. The summed E-state index contributed by atoms with van der Waals surface area (Å²) in [6, 6.07) is 8.51. The van der Waals surface area contributed by atoms with Crippen molar-refractivity contribution in [3.63, 3.8) is 0 Å². The van der Waals surface area contributed by atoms with Gasteiger partial charge in [-0.25, -0.2) is 0 Å². The first kappa shape index (κ1) is 11.7. The molecule has 2 aromatic rings. The Bertz CT molecular complexity index is 451. The van der Waals surface area contributed by atoms with E-state index in [-0.39, 0.29) is 0 Å². The molecule has 2 rings (SSSR count). The van der Waals surface area contributed by atoms with Crippen LogP contribution in [0.3, 0.4) is 0 Å². The molecule has 1 aromatic carbocycles. The van der Waals surface area contributed by atoms with E-state index in [0.717, 1.165) is 0 Å². The van der Waals surface area contributed by atoms with Crippen LogP contribution in [0.2, 0.25) is 0 Å². The van der Waals surface area contributed by atoms with E-state index in [1.54, 1.807) is 0 Å². The molecule has 0 bridgehead atoms. The molecule has 0 spiro atoms. The van der Waals surface area contributed by atoms with Crippen molar-refractivity contribution in [3.05, 3.63) is 35.5 Å². The van der Waals surface area contributed by atoms with E-state index in [9.17, 15) is 0 Å². The molecule has 2 N–H and O–H groups in total. The van der Waals surface area contributed by atoms with Gasteiger partial charge in [0.05, 0.1) is 0 Å². The first-order chi connectivity index (χ1) is 7.19. The third-order valence-corrected chi connectivity index (χ3v) is 2.16. The molecule has 80 valence electrons. The van der Waals surface area contributed by atoms with Crippen LogP contribution in [0.4, 0.5) is 0 Å². The Balaban J connectivity index is 0.000000245. The number of aromatic nitrogens is 1. The lowest BCUT2D eigenvalue weighted by Gasteiger charge is -1.92. The van der Waals surface area contributed by atoms with Crippen molar-refractivity contribution in [2.24, 2.45) is 0 Å². The number of hydrogen-bond acceptors (Lipinski definition) is 2. The summed E-state index contributed by atoms with van der Waals surface area (Å²) in [5.74, 6) is 0. The molecule has 0 aliphatic heterocycles. The summed E-state index contributed by atoms with van der Waals surface area (Å²) in [6.45, 7) is 4.21. The van der Waals surface area contributed by atoms with Gasteiger partial charge in [-0.1, -0.05) is 31.0 Å². The minimum absolute atomic E-state index is 0.489. The number of rotatable bonds is 1. The molecule has 0 saturated heterocycles. The van der Waals surface area contributed by atoms with E-state index in [1.807, 2.05) is 4.72 Å². The zero-order valence-corrected chi connectivity index (χ0v) is 9.64. The van der Waals surface area contributed by atoms with Crippen LogP contribution in [0.25, 0.3) is 10.9 Å². The lowest BCUT2D eigenvalue weighted by Crippen LogP contribution is -1.87. The topological polar surface area (TPSA) is 44.9 Å². The van der Waals surface area contributed by atoms with E-state index in [2.05, 4.69) is 55.9 Å². The van der Waals surface area contributed by atoms with Gasteiger partial charge in [0.1, 0.15) is 0 Å². The Kier molecular flexibility index (Phi) is 4.24. The molecule has 0 unspecified atom stereocenters. The molecule has 0 saturated carbocycles. The van der Waals surface area contributed by atoms with Crippen molar-refractivity contribution in [2.45, 2.75) is 13.8 Å². The van der Waals surface area contributed by atoms with Crippen LogP contribution in [-0.4, -0.2) is 11.4 Å². The van der Waals surface area contributed by atoms with Crippen LogP contribution >= 0.6 is 12.8 Å². The van der Waals surface area contributed by atoms with Gasteiger partial charge in [0, 0.05) is 11.2 Å². The van der Waals surface area contributed by atoms with Crippen LogP contribution in [0.5, 0.6) is 0 Å². The Morgan fingerprint density at radius 2 is 2.07 bits per heavy atom. The van der Waals surface area contributed by atoms with E-state index in [0.29, 0.717) is 6.41 Å². The van der Waals surface area contributed by atoms with Gasteiger partial charge in [0.2, 0.25) is 6.41 Å². The molecule has 0 aliphatic rings. The fraction of sp³-hybridized carbons (Fsp3) is 0.182. The fourth-order valence-electron chi connectivity index (χ4n) is 1.45. The summed E-state index contributed by atoms with van der Waals surface area (Å²) >= 11 is 3.30. The molecule has 15 heavy (non-hydrogen) atoms. The highest BCUT2D eigenvalue weighted by Gasteiger charge is 1.97. The maximum Gasteiger partial charge on any atom is 0.216 e. The maximum atomic E-state index is 8.99. The van der Waals surface area contributed by atoms with Crippen molar-refractivity contribution < 1.29 is 4.79 Å². The van der Waals surface area contributed by atoms with Gasteiger partial charge in [-0.15, -0.1) is 0 Å². The number of thiol groups is 1. The van der Waals surface area contributed by atoms with Crippen LogP contribution in [-0.2, 0) is 4.79 Å². The number of carbonyl (C=O) groups is 1. The predicted molar refractivity (Wildman–Crippen MR) is 66.0 cm³/mol. The third kappa shape index (κ3) is 3.02. The maximum absolute atomic E-state index is 8.99. The zero-order valence-electron chi connectivity index (χ0n) is 8.74. The van der Waals surface area contributed by atoms with Crippen molar-refractivity contribution in [2.75, 3.05) is 0 Å². The normalized spacial score (nSPS) is 9.27. The van der Waals surface area contributed by atoms with Gasteiger partial charge in [-0.3, -0.25) is 4.79 Å². The molecule has 0 aliphatic carbocycles. The van der Waals surface area contributed by atoms with Gasteiger partial charge < -0.3 is 9.71 Å². The number of hydrogen-bond donors (Lipinski definition) is 3. The average molecular weight is 222 g/mol. The lowest BCUT2D eigenvalue weighted by atomic mass is 10.2. The summed E-state index contributed by atoms with van der Waals surface area (Å²) in [5.41, 5.74) is 3.81. The summed E-state index contributed by atoms with van der Waals surface area (Å²) < 4.78 is 1.94. The number of benzene rings is 1. The number of fused-ring (bicyclic) bond motifs is 1. The second-order valence-electron chi connectivity index (χ2n) is 3.24. The summed E-state index contributed by atoms with van der Waals surface area (Å²) in [4.78, 5) is 12.3. The van der Waals surface area contributed by atoms with Crippen molar-refractivity contribution in [3.8, 4) is 0 Å². The Morgan fingerprint density at radius 1 is 1.40 bits per heavy atom. The van der Waals surface area contributed by atoms with Crippen molar-refractivity contribution >= 4 is 30.1 Å². The number of amides is 1. The lowest BCUT2D eigenvalue weighted by molar-refractivity contribution is -0.107. The van der Waals surface area contributed by atoms with Crippen LogP contribution in [0, 0.1) is 13.8 Å². The molecule has 0 fully saturated rings. The Hall–Kier alpha value is -1.42. The van der Waals surface area contributed by atoms with Gasteiger partial charge in [-0.2, -0.15) is 0 Å². The molecule has 0 radical (unpaired) electrons. The second-order valence-corrected chi connectivity index (χ2v) is 3.50. The number of aromatic amines is 1. The van der Waals surface area contributed by atoms with E-state index in [4.69, 9.17) is 4.79 Å². The Labute approximate surface area is 94.4 Å². The largest absolute Gasteiger partial charge is 0.358 e. The smallest absolute Gasteiger partial charge is 0.216 e. The highest BCUT2D eigenvalue weighted by Crippen LogP contribution is 2.17. The van der Waals surface area contributed by atoms with Crippen molar-refractivity contribution in [1.82, 2.24) is 9.71 Å². The number of aryl methyl sites for hydroxylation is 2. The van der Waals surface area contributed by atoms with E-state index < -0.39 is 0 Å². The minimum Gasteiger partial charge on any atom is -0.358 e. The van der Waals surface area contributed by atoms with Crippen molar-refractivity contribution in [1.29, 1.82) is 0 Å². The molecular formula is C11H14N2OS. The number of nitrogens with one attached hydrogen (secondary N) is 2. The highest BCUT2D eigenvalue weighted by atomic mass is 32.1. The summed E-state index contributed by atoms with van der Waals surface area (Å²) in [5, 5.41) is 1.31. The first-order valence-electron chi connectivity index (χ1n) is 4.57. The SMILES string of the molecule is Cc1cc2cccc(C)c2[nH]1.O=CNS. The van der Waals surface area contributed by atoms with E-state index >= 15 is 0 Å². The third-order valence-electron chi connectivity index (χ3n) is 2.05. The van der Waals surface area contributed by atoms with Gasteiger partial charge in [-0.05, 0) is 30.9 Å². The van der Waals surface area contributed by atoms with Crippen LogP contribution in [0.15, 0.2) is 24.3 Å². The number of para-hydroxylation sites is 1. The molecule has 1 aromatic heterocycles. The summed E-state index contributed by atoms with van der Waals surface area (Å²) in [7, 11) is 0. The van der Waals surface area contributed by atoms with Crippen LogP contribution < -0.4 is 4.72 Å². The fourth-order valence-corrected chi connectivity index (χ4v) is 1.45. The molecule has 4 heteroatoms. The second kappa shape index (κ2) is 5.46. The highest BCUT2D eigenvalue weighted by molar-refractivity contribution is 7.78. The number of carbonyl (C=O) groups excluding carboxylic acids is 1. The minimum atomic E-state index is 0.489. The zero-order chi connectivity index (χ0) is 11.3. The predicted octanol–water partition coefficient (Wildman–Crippen LogP) is 2.36. The van der Waals surface area contributed by atoms with E-state index in [1.165, 1.54) is 22.2 Å². The van der Waals surface area contributed by atoms with Gasteiger partial charge in [0.15, 0.2) is 0 Å². The standard InChI is InChI=1S/C10H11N.CH3NOS/c1-7-4-3-5-9-6-8(2)11-10(7)9;3-1-2-4/h3-6,11H,1-2H3;1,4H,(H,2,3). The van der Waals surface area contributed by atoms with Crippen LogP contribution in [0.1, 0.15) is 11.3 Å². The molecule has 1 heterocycles. The molecule has 3 nitrogen and oxygen atoms in total. The quantitative estimate of drug-likeness (QED) is 0.503. The number of H-pyrrole nitrogens is 1. The summed E-state index contributed by atoms with van der Waals surface area (Å²) in [6.07, 6.45) is 0.489. The monoisotopic (exact) mass is 222 g/mol. The van der Waals surface area contributed by atoms with Gasteiger partial charge in [0.25, 0.3) is 0 Å². The first-order valence-corrected chi connectivity index (χ1v) is 5.02. The average Bonchev–Trinajstić information content (AvgIpc) is 2.61. The molecule has 0 atom stereocenters.